The monoisotopic (exact) mass is 437 g/mol. The lowest BCUT2D eigenvalue weighted by Gasteiger charge is -2.05. The number of aliphatic carboxylic acids is 1. The van der Waals surface area contributed by atoms with Crippen LogP contribution in [-0.2, 0) is 9.59 Å². The molecule has 9 nitrogen and oxygen atoms in total. The highest BCUT2D eigenvalue weighted by atomic mass is 16.4. The Balaban J connectivity index is 1.66. The van der Waals surface area contributed by atoms with Crippen molar-refractivity contribution in [2.24, 2.45) is 10.2 Å². The summed E-state index contributed by atoms with van der Waals surface area (Å²) in [5.74, 6) is -1.30. The number of aromatic nitrogens is 1. The Hall–Kier alpha value is -3.75. The highest BCUT2D eigenvalue weighted by Gasteiger charge is 2.27. The second kappa shape index (κ2) is 10.0. The van der Waals surface area contributed by atoms with E-state index >= 15 is 0 Å². The number of hydrogen-bond donors (Lipinski definition) is 4. The van der Waals surface area contributed by atoms with E-state index in [-0.39, 0.29) is 23.9 Å². The molecule has 1 aromatic carbocycles. The van der Waals surface area contributed by atoms with E-state index in [1.807, 2.05) is 39.0 Å². The van der Waals surface area contributed by atoms with Crippen LogP contribution in [0.3, 0.4) is 0 Å². The summed E-state index contributed by atoms with van der Waals surface area (Å²) in [5, 5.41) is 22.5. The third-order valence-electron chi connectivity index (χ3n) is 5.37. The van der Waals surface area contributed by atoms with E-state index in [2.05, 4.69) is 25.8 Å². The van der Waals surface area contributed by atoms with Crippen LogP contribution in [-0.4, -0.2) is 46.3 Å². The van der Waals surface area contributed by atoms with Gasteiger partial charge in [-0.3, -0.25) is 14.4 Å². The highest BCUT2D eigenvalue weighted by Crippen LogP contribution is 2.26. The van der Waals surface area contributed by atoms with Crippen molar-refractivity contribution in [2.75, 3.05) is 11.9 Å². The number of rotatable bonds is 9. The molecule has 32 heavy (non-hydrogen) atoms. The first kappa shape index (κ1) is 22.9. The van der Waals surface area contributed by atoms with Gasteiger partial charge in [-0.2, -0.15) is 5.10 Å². The first-order valence-corrected chi connectivity index (χ1v) is 10.5. The number of unbranched alkanes of at least 4 members (excludes halogenated alkanes) is 2. The molecule has 2 aromatic rings. The van der Waals surface area contributed by atoms with Gasteiger partial charge in [0.1, 0.15) is 0 Å². The summed E-state index contributed by atoms with van der Waals surface area (Å²) in [7, 11) is 0. The van der Waals surface area contributed by atoms with Crippen LogP contribution >= 0.6 is 0 Å². The van der Waals surface area contributed by atoms with Gasteiger partial charge in [-0.25, -0.2) is 0 Å². The first-order chi connectivity index (χ1) is 15.3. The molecule has 1 aromatic heterocycles. The van der Waals surface area contributed by atoms with Gasteiger partial charge in [0.05, 0.1) is 23.2 Å². The number of carboxylic acids is 1. The number of aryl methyl sites for hydroxylation is 2. The number of nitrogens with one attached hydrogen (secondary N) is 3. The zero-order chi connectivity index (χ0) is 23.3. The maximum absolute atomic E-state index is 12.6. The Labute approximate surface area is 186 Å². The number of carbonyl (C=O) groups excluding carboxylic acids is 2. The summed E-state index contributed by atoms with van der Waals surface area (Å²) in [6.45, 7) is 6.02. The number of H-pyrrole nitrogens is 1. The SMILES string of the molecule is Cc1cccc2c1/C(=N/N=C/c1[nH]c(C)c(C(=O)NCCCCCC(=O)O)c1C)C(=O)N2. The predicted molar refractivity (Wildman–Crippen MR) is 123 cm³/mol. The van der Waals surface area contributed by atoms with E-state index in [0.717, 1.165) is 35.2 Å². The lowest BCUT2D eigenvalue weighted by Crippen LogP contribution is -2.25. The fraction of sp³-hybridized carbons (Fsp3) is 0.348. The molecule has 0 spiro atoms. The predicted octanol–water partition coefficient (Wildman–Crippen LogP) is 3.09. The molecule has 4 N–H and O–H groups in total. The van der Waals surface area contributed by atoms with Crippen LogP contribution in [0.4, 0.5) is 5.69 Å². The smallest absolute Gasteiger partial charge is 0.303 e. The molecule has 2 heterocycles. The molecule has 168 valence electrons. The minimum Gasteiger partial charge on any atom is -0.481 e. The topological polar surface area (TPSA) is 136 Å². The van der Waals surface area contributed by atoms with Crippen LogP contribution in [0, 0.1) is 20.8 Å². The van der Waals surface area contributed by atoms with Crippen molar-refractivity contribution in [3.05, 3.63) is 51.8 Å². The van der Waals surface area contributed by atoms with Crippen molar-refractivity contribution in [2.45, 2.75) is 46.5 Å². The zero-order valence-corrected chi connectivity index (χ0v) is 18.4. The molecule has 1 aliphatic heterocycles. The maximum Gasteiger partial charge on any atom is 0.303 e. The molecule has 0 aliphatic carbocycles. The fourth-order valence-electron chi connectivity index (χ4n) is 3.73. The van der Waals surface area contributed by atoms with Crippen molar-refractivity contribution in [1.82, 2.24) is 10.3 Å². The molecule has 0 fully saturated rings. The van der Waals surface area contributed by atoms with Crippen LogP contribution in [0.25, 0.3) is 0 Å². The minimum atomic E-state index is -0.806. The van der Waals surface area contributed by atoms with Gasteiger partial charge in [-0.1, -0.05) is 18.6 Å². The number of carboxylic acid groups (broad SMARTS) is 1. The van der Waals surface area contributed by atoms with E-state index in [0.29, 0.717) is 29.9 Å². The number of benzene rings is 1. The van der Waals surface area contributed by atoms with Gasteiger partial charge in [-0.15, -0.1) is 5.10 Å². The average Bonchev–Trinajstić information content (AvgIpc) is 3.20. The van der Waals surface area contributed by atoms with Crippen LogP contribution in [0.15, 0.2) is 28.4 Å². The van der Waals surface area contributed by atoms with Crippen LogP contribution in [0.5, 0.6) is 0 Å². The molecule has 1 aliphatic rings. The molecule has 0 radical (unpaired) electrons. The average molecular weight is 438 g/mol. The van der Waals surface area contributed by atoms with E-state index in [1.165, 1.54) is 6.21 Å². The second-order valence-electron chi connectivity index (χ2n) is 7.77. The number of hydrogen-bond acceptors (Lipinski definition) is 5. The van der Waals surface area contributed by atoms with E-state index in [9.17, 15) is 14.4 Å². The third-order valence-corrected chi connectivity index (χ3v) is 5.37. The molecule has 0 unspecified atom stereocenters. The summed E-state index contributed by atoms with van der Waals surface area (Å²) in [5.41, 5.74) is 5.29. The summed E-state index contributed by atoms with van der Waals surface area (Å²) in [6, 6.07) is 5.60. The highest BCUT2D eigenvalue weighted by molar-refractivity contribution is 6.54. The number of anilines is 1. The molecule has 0 saturated carbocycles. The zero-order valence-electron chi connectivity index (χ0n) is 18.4. The van der Waals surface area contributed by atoms with E-state index in [1.54, 1.807) is 0 Å². The lowest BCUT2D eigenvalue weighted by molar-refractivity contribution is -0.137. The standard InChI is InChI=1S/C23H27N5O4/c1-13-8-7-9-16-19(13)21(23(32)27-16)28-25-12-17-14(2)20(15(3)26-17)22(31)24-11-6-4-5-10-18(29)30/h7-9,12,26H,4-6,10-11H2,1-3H3,(H,24,31)(H,29,30)(H,27,28,32)/b25-12+. The number of carbonyl (C=O) groups is 3. The number of aromatic amines is 1. The quantitative estimate of drug-likeness (QED) is 0.272. The van der Waals surface area contributed by atoms with Crippen molar-refractivity contribution < 1.29 is 19.5 Å². The van der Waals surface area contributed by atoms with Crippen molar-refractivity contribution >= 4 is 35.4 Å². The maximum atomic E-state index is 12.6. The third kappa shape index (κ3) is 5.11. The molecule has 9 heteroatoms. The first-order valence-electron chi connectivity index (χ1n) is 10.5. The lowest BCUT2D eigenvalue weighted by atomic mass is 10.1. The molecular formula is C23H27N5O4. The van der Waals surface area contributed by atoms with Gasteiger partial charge in [0.15, 0.2) is 5.71 Å². The normalized spacial score (nSPS) is 14.1. The van der Waals surface area contributed by atoms with Crippen molar-refractivity contribution in [3.63, 3.8) is 0 Å². The minimum absolute atomic E-state index is 0.143. The van der Waals surface area contributed by atoms with Gasteiger partial charge in [0, 0.05) is 24.2 Å². The Morgan fingerprint density at radius 1 is 1.16 bits per heavy atom. The molecule has 0 bridgehead atoms. The summed E-state index contributed by atoms with van der Waals surface area (Å²) >= 11 is 0. The summed E-state index contributed by atoms with van der Waals surface area (Å²) in [6.07, 6.45) is 3.70. The van der Waals surface area contributed by atoms with Gasteiger partial charge < -0.3 is 20.7 Å². The van der Waals surface area contributed by atoms with Crippen LogP contribution in [0.2, 0.25) is 0 Å². The van der Waals surface area contributed by atoms with Crippen LogP contribution < -0.4 is 10.6 Å². The van der Waals surface area contributed by atoms with E-state index in [4.69, 9.17) is 5.11 Å². The Morgan fingerprint density at radius 3 is 2.69 bits per heavy atom. The Kier molecular flexibility index (Phi) is 7.19. The molecule has 2 amide bonds. The van der Waals surface area contributed by atoms with E-state index < -0.39 is 5.97 Å². The fourth-order valence-corrected chi connectivity index (χ4v) is 3.73. The van der Waals surface area contributed by atoms with Crippen molar-refractivity contribution in [3.8, 4) is 0 Å². The Bertz CT molecular complexity index is 1110. The van der Waals surface area contributed by atoms with Crippen LogP contribution in [0.1, 0.15) is 64.1 Å². The molecule has 0 atom stereocenters. The molecule has 0 saturated heterocycles. The van der Waals surface area contributed by atoms with Crippen molar-refractivity contribution in [1.29, 1.82) is 0 Å². The van der Waals surface area contributed by atoms with Gasteiger partial charge in [-0.05, 0) is 50.8 Å². The van der Waals surface area contributed by atoms with Gasteiger partial charge >= 0.3 is 5.97 Å². The molecular weight excluding hydrogens is 410 g/mol. The number of fused-ring (bicyclic) bond motifs is 1. The Morgan fingerprint density at radius 2 is 1.94 bits per heavy atom. The van der Waals surface area contributed by atoms with Gasteiger partial charge in [0.2, 0.25) is 0 Å². The largest absolute Gasteiger partial charge is 0.481 e. The van der Waals surface area contributed by atoms with Gasteiger partial charge in [0.25, 0.3) is 11.8 Å². The number of nitrogens with zero attached hydrogens (tertiary/aromatic N) is 2. The summed E-state index contributed by atoms with van der Waals surface area (Å²) < 4.78 is 0. The molecule has 3 rings (SSSR count). The second-order valence-corrected chi connectivity index (χ2v) is 7.77. The summed E-state index contributed by atoms with van der Waals surface area (Å²) in [4.78, 5) is 38.5. The number of amides is 2.